The summed E-state index contributed by atoms with van der Waals surface area (Å²) in [6.07, 6.45) is 3.41. The first-order chi connectivity index (χ1) is 11.4. The number of carbonyl (C=O) groups excluding carboxylic acids is 2. The van der Waals surface area contributed by atoms with Gasteiger partial charge in [-0.3, -0.25) is 9.59 Å². The van der Waals surface area contributed by atoms with E-state index >= 15 is 0 Å². The Morgan fingerprint density at radius 2 is 1.92 bits per heavy atom. The molecule has 7 nitrogen and oxygen atoms in total. The van der Waals surface area contributed by atoms with E-state index in [9.17, 15) is 18.0 Å². The SMILES string of the molecule is CCCCN(C(=O)COC(=O)C1CCOCC1)C1CCS(=O)(=O)C1. The van der Waals surface area contributed by atoms with Gasteiger partial charge in [0.15, 0.2) is 16.4 Å². The van der Waals surface area contributed by atoms with Gasteiger partial charge in [-0.25, -0.2) is 8.42 Å². The second-order valence-electron chi connectivity index (χ2n) is 6.49. The van der Waals surface area contributed by atoms with Gasteiger partial charge in [0.25, 0.3) is 5.91 Å². The molecular formula is C16H27NO6S. The third-order valence-corrected chi connectivity index (χ3v) is 6.36. The van der Waals surface area contributed by atoms with Crippen molar-refractivity contribution in [1.82, 2.24) is 4.90 Å². The second-order valence-corrected chi connectivity index (χ2v) is 8.72. The number of nitrogens with zero attached hydrogens (tertiary/aromatic N) is 1. The molecule has 0 aromatic carbocycles. The summed E-state index contributed by atoms with van der Waals surface area (Å²) in [6, 6.07) is -0.296. The number of amides is 1. The Labute approximate surface area is 143 Å². The van der Waals surface area contributed by atoms with Crippen LogP contribution in [0, 0.1) is 5.92 Å². The average molecular weight is 361 g/mol. The summed E-state index contributed by atoms with van der Waals surface area (Å²) in [4.78, 5) is 26.1. The normalized spacial score (nSPS) is 23.8. The van der Waals surface area contributed by atoms with Crippen LogP contribution < -0.4 is 0 Å². The molecule has 0 aromatic heterocycles. The lowest BCUT2D eigenvalue weighted by atomic mass is 10.0. The molecule has 0 saturated carbocycles. The Kier molecular flexibility index (Phi) is 7.03. The summed E-state index contributed by atoms with van der Waals surface area (Å²) in [5, 5.41) is 0. The zero-order valence-electron chi connectivity index (χ0n) is 14.2. The Hall–Kier alpha value is -1.15. The van der Waals surface area contributed by atoms with E-state index in [-0.39, 0.29) is 41.9 Å². The highest BCUT2D eigenvalue weighted by Gasteiger charge is 2.35. The largest absolute Gasteiger partial charge is 0.455 e. The van der Waals surface area contributed by atoms with Crippen molar-refractivity contribution in [2.75, 3.05) is 37.9 Å². The van der Waals surface area contributed by atoms with E-state index in [0.29, 0.717) is 39.0 Å². The van der Waals surface area contributed by atoms with Crippen LogP contribution in [0.2, 0.25) is 0 Å². The monoisotopic (exact) mass is 361 g/mol. The maximum absolute atomic E-state index is 12.5. The lowest BCUT2D eigenvalue weighted by Gasteiger charge is -2.28. The fourth-order valence-electron chi connectivity index (χ4n) is 3.13. The predicted octanol–water partition coefficient (Wildman–Crippen LogP) is 0.772. The Balaban J connectivity index is 1.88. The van der Waals surface area contributed by atoms with Crippen LogP contribution in [0.15, 0.2) is 0 Å². The van der Waals surface area contributed by atoms with Crippen LogP contribution in [0.4, 0.5) is 0 Å². The van der Waals surface area contributed by atoms with Crippen molar-refractivity contribution in [3.63, 3.8) is 0 Å². The van der Waals surface area contributed by atoms with E-state index in [1.807, 2.05) is 6.92 Å². The van der Waals surface area contributed by atoms with Crippen molar-refractivity contribution in [1.29, 1.82) is 0 Å². The Morgan fingerprint density at radius 3 is 2.50 bits per heavy atom. The minimum atomic E-state index is -3.06. The van der Waals surface area contributed by atoms with Crippen molar-refractivity contribution in [3.8, 4) is 0 Å². The third kappa shape index (κ3) is 5.44. The Bertz CT molecular complexity index is 541. The van der Waals surface area contributed by atoms with Crippen LogP contribution in [0.3, 0.4) is 0 Å². The molecule has 0 spiro atoms. The summed E-state index contributed by atoms with van der Waals surface area (Å²) in [5.74, 6) is -0.735. The lowest BCUT2D eigenvalue weighted by molar-refractivity contribution is -0.158. The van der Waals surface area contributed by atoms with Gasteiger partial charge in [0.2, 0.25) is 0 Å². The van der Waals surface area contributed by atoms with Gasteiger partial charge >= 0.3 is 5.97 Å². The van der Waals surface area contributed by atoms with Gasteiger partial charge in [0.05, 0.1) is 17.4 Å². The second kappa shape index (κ2) is 8.80. The van der Waals surface area contributed by atoms with Crippen LogP contribution >= 0.6 is 0 Å². The summed E-state index contributed by atoms with van der Waals surface area (Å²) < 4.78 is 33.7. The molecule has 0 bridgehead atoms. The topological polar surface area (TPSA) is 90.0 Å². The van der Waals surface area contributed by atoms with Crippen molar-refractivity contribution in [2.45, 2.75) is 45.1 Å². The van der Waals surface area contributed by atoms with Crippen LogP contribution in [0.5, 0.6) is 0 Å². The molecule has 1 amide bonds. The number of sulfone groups is 1. The number of rotatable bonds is 7. The van der Waals surface area contributed by atoms with E-state index in [1.165, 1.54) is 0 Å². The molecule has 1 atom stereocenters. The van der Waals surface area contributed by atoms with Crippen LogP contribution in [0.25, 0.3) is 0 Å². The van der Waals surface area contributed by atoms with Gasteiger partial charge in [0.1, 0.15) is 0 Å². The van der Waals surface area contributed by atoms with Crippen LogP contribution in [0.1, 0.15) is 39.0 Å². The van der Waals surface area contributed by atoms with E-state index in [4.69, 9.17) is 9.47 Å². The predicted molar refractivity (Wildman–Crippen MR) is 88.2 cm³/mol. The highest BCUT2D eigenvalue weighted by Crippen LogP contribution is 2.20. The first kappa shape index (κ1) is 19.2. The molecule has 0 radical (unpaired) electrons. The average Bonchev–Trinajstić information content (AvgIpc) is 2.93. The minimum absolute atomic E-state index is 0.0103. The highest BCUT2D eigenvalue weighted by atomic mass is 32.2. The van der Waals surface area contributed by atoms with Crippen LogP contribution in [-0.4, -0.2) is 69.1 Å². The number of hydrogen-bond donors (Lipinski definition) is 0. The van der Waals surface area contributed by atoms with Gasteiger partial charge in [-0.05, 0) is 25.7 Å². The summed E-state index contributed by atoms with van der Waals surface area (Å²) in [5.41, 5.74) is 0. The van der Waals surface area contributed by atoms with Crippen molar-refractivity contribution in [3.05, 3.63) is 0 Å². The molecule has 2 aliphatic heterocycles. The number of carbonyl (C=O) groups is 2. The van der Waals surface area contributed by atoms with Gasteiger partial charge in [-0.1, -0.05) is 13.3 Å². The number of ether oxygens (including phenoxy) is 2. The van der Waals surface area contributed by atoms with E-state index in [1.54, 1.807) is 4.90 Å². The molecule has 2 aliphatic rings. The quantitative estimate of drug-likeness (QED) is 0.622. The van der Waals surface area contributed by atoms with Crippen molar-refractivity contribution < 1.29 is 27.5 Å². The zero-order chi connectivity index (χ0) is 17.6. The Morgan fingerprint density at radius 1 is 1.21 bits per heavy atom. The molecular weight excluding hydrogens is 334 g/mol. The maximum Gasteiger partial charge on any atom is 0.309 e. The standard InChI is InChI=1S/C16H27NO6S/c1-2-3-7-17(14-6-10-24(20,21)12-14)15(18)11-23-16(19)13-4-8-22-9-5-13/h13-14H,2-12H2,1H3. The third-order valence-electron chi connectivity index (χ3n) is 4.61. The van der Waals surface area contributed by atoms with E-state index < -0.39 is 9.84 Å². The minimum Gasteiger partial charge on any atom is -0.455 e. The fourth-order valence-corrected chi connectivity index (χ4v) is 4.86. The molecule has 0 aromatic rings. The molecule has 2 rings (SSSR count). The molecule has 8 heteroatoms. The molecule has 2 saturated heterocycles. The number of hydrogen-bond acceptors (Lipinski definition) is 6. The first-order valence-electron chi connectivity index (χ1n) is 8.67. The van der Waals surface area contributed by atoms with Gasteiger partial charge in [0, 0.05) is 25.8 Å². The summed E-state index contributed by atoms with van der Waals surface area (Å²) in [7, 11) is -3.06. The maximum atomic E-state index is 12.5. The molecule has 2 fully saturated rings. The van der Waals surface area contributed by atoms with Gasteiger partial charge in [-0.2, -0.15) is 0 Å². The van der Waals surface area contributed by atoms with Gasteiger partial charge < -0.3 is 14.4 Å². The lowest BCUT2D eigenvalue weighted by Crippen LogP contribution is -2.44. The molecule has 24 heavy (non-hydrogen) atoms. The van der Waals surface area contributed by atoms with Gasteiger partial charge in [-0.15, -0.1) is 0 Å². The molecule has 138 valence electrons. The van der Waals surface area contributed by atoms with Crippen LogP contribution in [-0.2, 0) is 28.9 Å². The number of unbranched alkanes of at least 4 members (excludes halogenated alkanes) is 1. The fraction of sp³-hybridized carbons (Fsp3) is 0.875. The molecule has 0 N–H and O–H groups in total. The van der Waals surface area contributed by atoms with E-state index in [0.717, 1.165) is 12.8 Å². The molecule has 2 heterocycles. The zero-order valence-corrected chi connectivity index (χ0v) is 15.1. The summed E-state index contributed by atoms with van der Waals surface area (Å²) >= 11 is 0. The van der Waals surface area contributed by atoms with Crippen molar-refractivity contribution >= 4 is 21.7 Å². The highest BCUT2D eigenvalue weighted by molar-refractivity contribution is 7.91. The first-order valence-corrected chi connectivity index (χ1v) is 10.5. The molecule has 0 aliphatic carbocycles. The smallest absolute Gasteiger partial charge is 0.309 e. The van der Waals surface area contributed by atoms with E-state index in [2.05, 4.69) is 0 Å². The molecule has 1 unspecified atom stereocenters. The summed E-state index contributed by atoms with van der Waals surface area (Å²) in [6.45, 7) is 3.28. The van der Waals surface area contributed by atoms with Crippen molar-refractivity contribution in [2.24, 2.45) is 5.92 Å². The number of esters is 1.